The zero-order valence-electron chi connectivity index (χ0n) is 17.7. The standard InChI is InChI=1S/C22H27ClN4O4S/c23-19-7-1-2-8-20(19)32(30,31)25-17-12-18(22(28)29)21(24-13-17)27-11-5-6-16(15-27)14-26-9-3-4-10-26/h1-2,7-8,12-13,16,25H,3-6,9-11,14-15H2,(H,28,29)/t16-/m1/s1. The molecule has 0 amide bonds. The summed E-state index contributed by atoms with van der Waals surface area (Å²) in [5.41, 5.74) is 0.0582. The van der Waals surface area contributed by atoms with E-state index in [4.69, 9.17) is 11.6 Å². The van der Waals surface area contributed by atoms with Gasteiger partial charge in [0.2, 0.25) is 0 Å². The summed E-state index contributed by atoms with van der Waals surface area (Å²) in [5, 5.41) is 9.89. The highest BCUT2D eigenvalue weighted by molar-refractivity contribution is 7.92. The van der Waals surface area contributed by atoms with E-state index in [0.29, 0.717) is 11.7 Å². The number of carbonyl (C=O) groups is 1. The lowest BCUT2D eigenvalue weighted by Gasteiger charge is -2.36. The summed E-state index contributed by atoms with van der Waals surface area (Å²) in [7, 11) is -3.98. The Morgan fingerprint density at radius 2 is 1.94 bits per heavy atom. The molecule has 2 N–H and O–H groups in total. The summed E-state index contributed by atoms with van der Waals surface area (Å²) in [6, 6.07) is 7.40. The van der Waals surface area contributed by atoms with Crippen molar-refractivity contribution < 1.29 is 18.3 Å². The van der Waals surface area contributed by atoms with Crippen LogP contribution in [-0.2, 0) is 10.0 Å². The molecule has 3 heterocycles. The molecule has 0 radical (unpaired) electrons. The van der Waals surface area contributed by atoms with Crippen LogP contribution in [0.3, 0.4) is 0 Å². The maximum Gasteiger partial charge on any atom is 0.339 e. The molecule has 1 aromatic heterocycles. The van der Waals surface area contributed by atoms with Gasteiger partial charge >= 0.3 is 5.97 Å². The first kappa shape index (κ1) is 22.8. The molecule has 0 unspecified atom stereocenters. The minimum atomic E-state index is -3.98. The number of hydrogen-bond acceptors (Lipinski definition) is 6. The zero-order chi connectivity index (χ0) is 22.7. The molecule has 1 atom stereocenters. The van der Waals surface area contributed by atoms with Crippen LogP contribution in [0.25, 0.3) is 0 Å². The van der Waals surface area contributed by atoms with Crippen molar-refractivity contribution in [2.24, 2.45) is 5.92 Å². The number of hydrogen-bond donors (Lipinski definition) is 2. The van der Waals surface area contributed by atoms with Crippen LogP contribution < -0.4 is 9.62 Å². The van der Waals surface area contributed by atoms with Crippen LogP contribution in [0.4, 0.5) is 11.5 Å². The van der Waals surface area contributed by atoms with Crippen LogP contribution in [0.15, 0.2) is 41.4 Å². The number of carboxylic acids is 1. The van der Waals surface area contributed by atoms with Gasteiger partial charge in [-0.05, 0) is 62.9 Å². The number of nitrogens with one attached hydrogen (secondary N) is 1. The first-order valence-electron chi connectivity index (χ1n) is 10.8. The lowest BCUT2D eigenvalue weighted by Crippen LogP contribution is -2.41. The minimum Gasteiger partial charge on any atom is -0.478 e. The van der Waals surface area contributed by atoms with Crippen molar-refractivity contribution in [1.29, 1.82) is 0 Å². The highest BCUT2D eigenvalue weighted by Gasteiger charge is 2.27. The van der Waals surface area contributed by atoms with Crippen LogP contribution in [0.2, 0.25) is 5.02 Å². The third-order valence-electron chi connectivity index (χ3n) is 6.01. The molecule has 32 heavy (non-hydrogen) atoms. The third kappa shape index (κ3) is 5.16. The predicted molar refractivity (Wildman–Crippen MR) is 124 cm³/mol. The first-order valence-corrected chi connectivity index (χ1v) is 12.7. The lowest BCUT2D eigenvalue weighted by molar-refractivity contribution is 0.0697. The molecule has 2 fully saturated rings. The van der Waals surface area contributed by atoms with E-state index in [2.05, 4.69) is 14.6 Å². The number of rotatable bonds is 7. The van der Waals surface area contributed by atoms with E-state index in [1.165, 1.54) is 37.2 Å². The number of sulfonamides is 1. The molecule has 10 heteroatoms. The molecule has 4 rings (SSSR count). The Morgan fingerprint density at radius 3 is 2.66 bits per heavy atom. The van der Waals surface area contributed by atoms with E-state index in [1.807, 2.05) is 4.90 Å². The molecule has 2 aliphatic rings. The number of aromatic carboxylic acids is 1. The zero-order valence-corrected chi connectivity index (χ0v) is 19.3. The first-order chi connectivity index (χ1) is 15.3. The average Bonchev–Trinajstić information content (AvgIpc) is 3.27. The van der Waals surface area contributed by atoms with Gasteiger partial charge in [0.05, 0.1) is 16.9 Å². The number of benzene rings is 1. The second-order valence-corrected chi connectivity index (χ2v) is 10.5. The van der Waals surface area contributed by atoms with Gasteiger partial charge in [0, 0.05) is 19.6 Å². The van der Waals surface area contributed by atoms with Crippen LogP contribution in [-0.4, -0.2) is 62.1 Å². The van der Waals surface area contributed by atoms with E-state index < -0.39 is 16.0 Å². The van der Waals surface area contributed by atoms with Crippen LogP contribution in [0.1, 0.15) is 36.0 Å². The van der Waals surface area contributed by atoms with Crippen molar-refractivity contribution in [3.8, 4) is 0 Å². The fourth-order valence-electron chi connectivity index (χ4n) is 4.53. The number of aromatic nitrogens is 1. The van der Waals surface area contributed by atoms with Crippen molar-refractivity contribution in [3.63, 3.8) is 0 Å². The number of nitrogens with zero attached hydrogens (tertiary/aromatic N) is 3. The van der Waals surface area contributed by atoms with Crippen molar-refractivity contribution >= 4 is 39.1 Å². The smallest absolute Gasteiger partial charge is 0.339 e. The highest BCUT2D eigenvalue weighted by atomic mass is 35.5. The molecular formula is C22H27ClN4O4S. The molecule has 2 aromatic rings. The lowest BCUT2D eigenvalue weighted by atomic mass is 9.97. The second-order valence-electron chi connectivity index (χ2n) is 8.40. The SMILES string of the molecule is O=C(O)c1cc(NS(=O)(=O)c2ccccc2Cl)cnc1N1CCC[C@H](CN2CCCC2)C1. The van der Waals surface area contributed by atoms with Gasteiger partial charge in [-0.3, -0.25) is 4.72 Å². The quantitative estimate of drug-likeness (QED) is 0.627. The predicted octanol–water partition coefficient (Wildman–Crippen LogP) is 3.55. The van der Waals surface area contributed by atoms with Gasteiger partial charge in [0.15, 0.2) is 0 Å². The van der Waals surface area contributed by atoms with Gasteiger partial charge in [-0.25, -0.2) is 18.2 Å². The van der Waals surface area contributed by atoms with Gasteiger partial charge in [0.25, 0.3) is 10.0 Å². The Hall–Kier alpha value is -2.36. The van der Waals surface area contributed by atoms with Gasteiger partial charge in [-0.1, -0.05) is 23.7 Å². The molecule has 172 valence electrons. The van der Waals surface area contributed by atoms with Gasteiger partial charge in [0.1, 0.15) is 16.3 Å². The van der Waals surface area contributed by atoms with Crippen molar-refractivity contribution in [2.45, 2.75) is 30.6 Å². The topological polar surface area (TPSA) is 103 Å². The maximum atomic E-state index is 12.7. The van der Waals surface area contributed by atoms with Crippen LogP contribution >= 0.6 is 11.6 Å². The Morgan fingerprint density at radius 1 is 1.19 bits per heavy atom. The summed E-state index contributed by atoms with van der Waals surface area (Å²) in [4.78, 5) is 20.8. The number of piperidine rings is 1. The summed E-state index contributed by atoms with van der Waals surface area (Å²) < 4.78 is 27.8. The van der Waals surface area contributed by atoms with Crippen molar-refractivity contribution in [3.05, 3.63) is 47.1 Å². The Bertz CT molecular complexity index is 1090. The van der Waals surface area contributed by atoms with E-state index in [9.17, 15) is 18.3 Å². The third-order valence-corrected chi connectivity index (χ3v) is 7.89. The molecule has 8 nitrogen and oxygen atoms in total. The molecule has 0 bridgehead atoms. The number of carboxylic acid groups (broad SMARTS) is 1. The van der Waals surface area contributed by atoms with E-state index in [1.54, 1.807) is 12.1 Å². The van der Waals surface area contributed by atoms with Gasteiger partial charge in [-0.2, -0.15) is 0 Å². The maximum absolute atomic E-state index is 12.7. The van der Waals surface area contributed by atoms with E-state index >= 15 is 0 Å². The molecule has 1 aromatic carbocycles. The molecule has 0 spiro atoms. The summed E-state index contributed by atoms with van der Waals surface area (Å²) in [5.74, 6) is -0.305. The molecular weight excluding hydrogens is 452 g/mol. The highest BCUT2D eigenvalue weighted by Crippen LogP contribution is 2.29. The van der Waals surface area contributed by atoms with E-state index in [-0.39, 0.29) is 21.2 Å². The number of halogens is 1. The van der Waals surface area contributed by atoms with E-state index in [0.717, 1.165) is 45.6 Å². The summed E-state index contributed by atoms with van der Waals surface area (Å²) in [6.07, 6.45) is 5.94. The molecule has 2 saturated heterocycles. The Labute approximate surface area is 193 Å². The minimum absolute atomic E-state index is 0.0221. The monoisotopic (exact) mass is 478 g/mol. The number of anilines is 2. The van der Waals surface area contributed by atoms with Crippen molar-refractivity contribution in [2.75, 3.05) is 42.3 Å². The van der Waals surface area contributed by atoms with Gasteiger partial charge in [-0.15, -0.1) is 0 Å². The van der Waals surface area contributed by atoms with Crippen LogP contribution in [0, 0.1) is 5.92 Å². The Balaban J connectivity index is 1.54. The number of pyridine rings is 1. The fraction of sp³-hybridized carbons (Fsp3) is 0.455. The second kappa shape index (κ2) is 9.64. The summed E-state index contributed by atoms with van der Waals surface area (Å²) in [6.45, 7) is 4.77. The average molecular weight is 479 g/mol. The normalized spacial score (nSPS) is 19.8. The van der Waals surface area contributed by atoms with Crippen molar-refractivity contribution in [1.82, 2.24) is 9.88 Å². The molecule has 0 saturated carbocycles. The number of likely N-dealkylation sites (tertiary alicyclic amines) is 1. The van der Waals surface area contributed by atoms with Crippen LogP contribution in [0.5, 0.6) is 0 Å². The Kier molecular flexibility index (Phi) is 6.88. The molecule has 0 aliphatic carbocycles. The van der Waals surface area contributed by atoms with Gasteiger partial charge < -0.3 is 14.9 Å². The fourth-order valence-corrected chi connectivity index (χ4v) is 6.09. The largest absolute Gasteiger partial charge is 0.478 e. The molecule has 2 aliphatic heterocycles. The summed E-state index contributed by atoms with van der Waals surface area (Å²) >= 11 is 6.02.